The third-order valence-electron chi connectivity index (χ3n) is 5.29. The van der Waals surface area contributed by atoms with E-state index in [9.17, 15) is 22.0 Å². The third-order valence-corrected chi connectivity index (χ3v) is 7.20. The minimum absolute atomic E-state index is 0.00609. The van der Waals surface area contributed by atoms with E-state index in [0.717, 1.165) is 32.8 Å². The summed E-state index contributed by atoms with van der Waals surface area (Å²) in [6.07, 6.45) is 3.22. The molecular formula is C23H20F2N2O3S. The normalized spacial score (nSPS) is 15.6. The van der Waals surface area contributed by atoms with Crippen LogP contribution in [0.1, 0.15) is 5.56 Å². The topological polar surface area (TPSA) is 57.7 Å². The number of sulfonamides is 1. The molecule has 4 rings (SSSR count). The summed E-state index contributed by atoms with van der Waals surface area (Å²) in [4.78, 5) is 13.4. The second-order valence-electron chi connectivity index (χ2n) is 7.21. The van der Waals surface area contributed by atoms with Crippen molar-refractivity contribution in [3.8, 4) is 0 Å². The summed E-state index contributed by atoms with van der Waals surface area (Å²) in [5, 5.41) is 2.10. The monoisotopic (exact) mass is 442 g/mol. The smallest absolute Gasteiger partial charge is 0.246 e. The van der Waals surface area contributed by atoms with Crippen LogP contribution in [0.2, 0.25) is 0 Å². The van der Waals surface area contributed by atoms with E-state index >= 15 is 0 Å². The first kappa shape index (κ1) is 21.1. The zero-order valence-corrected chi connectivity index (χ0v) is 17.4. The Balaban J connectivity index is 1.44. The molecule has 0 saturated carbocycles. The maximum Gasteiger partial charge on any atom is 0.246 e. The molecule has 5 nitrogen and oxygen atoms in total. The van der Waals surface area contributed by atoms with Crippen LogP contribution in [0.15, 0.2) is 71.6 Å². The number of fused-ring (bicyclic) bond motifs is 1. The van der Waals surface area contributed by atoms with Gasteiger partial charge in [0.2, 0.25) is 15.9 Å². The highest BCUT2D eigenvalue weighted by molar-refractivity contribution is 7.89. The van der Waals surface area contributed by atoms with Gasteiger partial charge in [0, 0.05) is 32.3 Å². The van der Waals surface area contributed by atoms with Crippen LogP contribution < -0.4 is 0 Å². The highest BCUT2D eigenvalue weighted by Gasteiger charge is 2.31. The number of hydrogen-bond donors (Lipinski definition) is 0. The van der Waals surface area contributed by atoms with Crippen LogP contribution in [0.5, 0.6) is 0 Å². The third kappa shape index (κ3) is 4.35. The Morgan fingerprint density at radius 3 is 2.39 bits per heavy atom. The fraction of sp³-hybridized carbons (Fsp3) is 0.174. The molecule has 0 unspecified atom stereocenters. The lowest BCUT2D eigenvalue weighted by Crippen LogP contribution is -2.50. The van der Waals surface area contributed by atoms with Crippen molar-refractivity contribution >= 4 is 32.8 Å². The molecule has 1 heterocycles. The molecule has 0 N–H and O–H groups in total. The average Bonchev–Trinajstić information content (AvgIpc) is 2.79. The fourth-order valence-corrected chi connectivity index (χ4v) is 5.12. The van der Waals surface area contributed by atoms with Crippen molar-refractivity contribution in [1.82, 2.24) is 9.21 Å². The van der Waals surface area contributed by atoms with Gasteiger partial charge in [0.05, 0.1) is 0 Å². The maximum absolute atomic E-state index is 14.0. The van der Waals surface area contributed by atoms with Gasteiger partial charge >= 0.3 is 0 Å². The molecule has 1 aliphatic rings. The summed E-state index contributed by atoms with van der Waals surface area (Å²) >= 11 is 0. The average molecular weight is 442 g/mol. The van der Waals surface area contributed by atoms with Crippen molar-refractivity contribution in [2.75, 3.05) is 26.2 Å². The summed E-state index contributed by atoms with van der Waals surface area (Å²) in [6, 6.07) is 16.0. The number of nitrogens with zero attached hydrogens (tertiary/aromatic N) is 2. The van der Waals surface area contributed by atoms with Crippen molar-refractivity contribution in [1.29, 1.82) is 0 Å². The molecular weight excluding hydrogens is 422 g/mol. The van der Waals surface area contributed by atoms with Crippen LogP contribution in [-0.2, 0) is 14.8 Å². The predicted octanol–water partition coefficient (Wildman–Crippen LogP) is 3.66. The largest absolute Gasteiger partial charge is 0.337 e. The first-order valence-corrected chi connectivity index (χ1v) is 11.2. The number of carbonyl (C=O) groups excluding carboxylic acids is 1. The molecule has 0 aliphatic carbocycles. The van der Waals surface area contributed by atoms with E-state index in [4.69, 9.17) is 0 Å². The molecule has 3 aromatic rings. The standard InChI is InChI=1S/C23H20F2N2O3S/c24-19-9-10-21(25)22(16-19)31(29,30)27-14-12-26(13-15-27)23(28)11-8-18-6-3-5-17-4-1-2-7-20(17)18/h1-11,16H,12-15H2/b11-8+. The Bertz CT molecular complexity index is 1260. The second kappa shape index (κ2) is 8.56. The summed E-state index contributed by atoms with van der Waals surface area (Å²) in [7, 11) is -4.18. The fourth-order valence-electron chi connectivity index (χ4n) is 3.63. The van der Waals surface area contributed by atoms with Crippen LogP contribution in [0.3, 0.4) is 0 Å². The van der Waals surface area contributed by atoms with Gasteiger partial charge in [0.25, 0.3) is 0 Å². The van der Waals surface area contributed by atoms with Gasteiger partial charge in [0.1, 0.15) is 16.5 Å². The minimum atomic E-state index is -4.18. The number of benzene rings is 3. The Morgan fingerprint density at radius 1 is 0.903 bits per heavy atom. The van der Waals surface area contributed by atoms with Gasteiger partial charge in [-0.1, -0.05) is 42.5 Å². The van der Waals surface area contributed by atoms with E-state index in [1.165, 1.54) is 11.0 Å². The van der Waals surface area contributed by atoms with E-state index in [2.05, 4.69) is 0 Å². The summed E-state index contributed by atoms with van der Waals surface area (Å²) in [5.74, 6) is -2.06. The van der Waals surface area contributed by atoms with E-state index in [-0.39, 0.29) is 32.1 Å². The Hall–Kier alpha value is -3.10. The quantitative estimate of drug-likeness (QED) is 0.580. The van der Waals surface area contributed by atoms with Crippen LogP contribution in [0.4, 0.5) is 8.78 Å². The number of hydrogen-bond acceptors (Lipinski definition) is 3. The molecule has 8 heteroatoms. The first-order valence-electron chi connectivity index (χ1n) is 9.76. The van der Waals surface area contributed by atoms with Crippen LogP contribution in [0, 0.1) is 11.6 Å². The van der Waals surface area contributed by atoms with Crippen LogP contribution in [-0.4, -0.2) is 49.7 Å². The maximum atomic E-state index is 14.0. The van der Waals surface area contributed by atoms with Crippen molar-refractivity contribution in [3.05, 3.63) is 83.9 Å². The molecule has 1 amide bonds. The predicted molar refractivity (Wildman–Crippen MR) is 115 cm³/mol. The van der Waals surface area contributed by atoms with Gasteiger partial charge in [-0.2, -0.15) is 4.31 Å². The van der Waals surface area contributed by atoms with E-state index in [1.807, 2.05) is 42.5 Å². The van der Waals surface area contributed by atoms with E-state index in [0.29, 0.717) is 6.07 Å². The molecule has 3 aromatic carbocycles. The molecule has 160 valence electrons. The van der Waals surface area contributed by atoms with Gasteiger partial charge in [-0.05, 0) is 40.6 Å². The van der Waals surface area contributed by atoms with Crippen molar-refractivity contribution in [3.63, 3.8) is 0 Å². The van der Waals surface area contributed by atoms with Gasteiger partial charge in [-0.15, -0.1) is 0 Å². The van der Waals surface area contributed by atoms with Gasteiger partial charge in [-0.25, -0.2) is 17.2 Å². The second-order valence-corrected chi connectivity index (χ2v) is 9.11. The molecule has 0 bridgehead atoms. The van der Waals surface area contributed by atoms with Crippen molar-refractivity contribution < 1.29 is 22.0 Å². The Morgan fingerprint density at radius 2 is 1.61 bits per heavy atom. The molecule has 1 saturated heterocycles. The Labute approximate surface area is 179 Å². The van der Waals surface area contributed by atoms with E-state index in [1.54, 1.807) is 6.08 Å². The minimum Gasteiger partial charge on any atom is -0.337 e. The molecule has 0 spiro atoms. The van der Waals surface area contributed by atoms with Crippen molar-refractivity contribution in [2.24, 2.45) is 0 Å². The first-order chi connectivity index (χ1) is 14.9. The summed E-state index contributed by atoms with van der Waals surface area (Å²) in [5.41, 5.74) is 0.911. The van der Waals surface area contributed by atoms with E-state index < -0.39 is 26.6 Å². The Kier molecular flexibility index (Phi) is 5.84. The van der Waals surface area contributed by atoms with Crippen LogP contribution in [0.25, 0.3) is 16.8 Å². The number of halogens is 2. The molecule has 0 atom stereocenters. The van der Waals surface area contributed by atoms with Crippen LogP contribution >= 0.6 is 0 Å². The lowest BCUT2D eigenvalue weighted by molar-refractivity contribution is -0.127. The molecule has 0 aromatic heterocycles. The number of piperazine rings is 1. The number of amides is 1. The van der Waals surface area contributed by atoms with Crippen molar-refractivity contribution in [2.45, 2.75) is 4.90 Å². The number of carbonyl (C=O) groups is 1. The number of rotatable bonds is 4. The molecule has 31 heavy (non-hydrogen) atoms. The van der Waals surface area contributed by atoms with Gasteiger partial charge < -0.3 is 4.90 Å². The zero-order valence-electron chi connectivity index (χ0n) is 16.5. The molecule has 1 aliphatic heterocycles. The molecule has 0 radical (unpaired) electrons. The lowest BCUT2D eigenvalue weighted by atomic mass is 10.0. The summed E-state index contributed by atoms with van der Waals surface area (Å²) < 4.78 is 53.8. The molecule has 1 fully saturated rings. The zero-order chi connectivity index (χ0) is 22.0. The van der Waals surface area contributed by atoms with Gasteiger partial charge in [-0.3, -0.25) is 4.79 Å². The highest BCUT2D eigenvalue weighted by atomic mass is 32.2. The van der Waals surface area contributed by atoms with Gasteiger partial charge in [0.15, 0.2) is 0 Å². The SMILES string of the molecule is O=C(/C=C/c1cccc2ccccc12)N1CCN(S(=O)(=O)c2cc(F)ccc2F)CC1. The lowest BCUT2D eigenvalue weighted by Gasteiger charge is -2.33. The highest BCUT2D eigenvalue weighted by Crippen LogP contribution is 2.22. The summed E-state index contributed by atoms with van der Waals surface area (Å²) in [6.45, 7) is 0.335.